The largest absolute Gasteiger partial charge is 0.393 e. The number of rotatable bonds is 6. The number of nitrogens with two attached hydrogens (primary N) is 1. The molecule has 0 aromatic heterocycles. The van der Waals surface area contributed by atoms with Crippen molar-refractivity contribution in [3.8, 4) is 0 Å². The van der Waals surface area contributed by atoms with Crippen LogP contribution in [0.5, 0.6) is 0 Å². The monoisotopic (exact) mass is 243 g/mol. The molecule has 3 heteroatoms. The van der Waals surface area contributed by atoms with Gasteiger partial charge in [0.1, 0.15) is 0 Å². The summed E-state index contributed by atoms with van der Waals surface area (Å²) in [5, 5.41) is 0. The maximum Gasteiger partial charge on any atom is 0.0784 e. The molecule has 94 valence electrons. The quantitative estimate of drug-likeness (QED) is 0.573. The molecular weight excluding hydrogens is 218 g/mol. The molecule has 1 rings (SSSR count). The molecule has 0 amide bonds. The van der Waals surface area contributed by atoms with Crippen LogP contribution in [0.25, 0.3) is 0 Å². The van der Waals surface area contributed by atoms with Crippen LogP contribution in [-0.2, 0) is 4.74 Å². The Morgan fingerprint density at radius 1 is 1.31 bits per heavy atom. The summed E-state index contributed by atoms with van der Waals surface area (Å²) in [7, 11) is 0. The predicted octanol–water partition coefficient (Wildman–Crippen LogP) is 3.43. The maximum absolute atomic E-state index is 5.87. The molecule has 0 aromatic carbocycles. The standard InChI is InChI=1S/C13H25NOS/c1-13(2,12(14)16)9-6-10-15-11-7-4-3-5-8-11/h11H,3-10H2,1-2H3,(H2,14,16). The van der Waals surface area contributed by atoms with Crippen molar-refractivity contribution in [2.75, 3.05) is 6.61 Å². The highest BCUT2D eigenvalue weighted by molar-refractivity contribution is 7.80. The molecule has 0 bridgehead atoms. The van der Waals surface area contributed by atoms with Crippen molar-refractivity contribution in [1.29, 1.82) is 0 Å². The second-order valence-corrected chi connectivity index (χ2v) is 5.92. The highest BCUT2D eigenvalue weighted by Gasteiger charge is 2.21. The fraction of sp³-hybridized carbons (Fsp3) is 0.923. The third kappa shape index (κ3) is 4.79. The predicted molar refractivity (Wildman–Crippen MR) is 72.6 cm³/mol. The van der Waals surface area contributed by atoms with Gasteiger partial charge in [0.05, 0.1) is 11.1 Å². The fourth-order valence-corrected chi connectivity index (χ4v) is 2.22. The van der Waals surface area contributed by atoms with E-state index >= 15 is 0 Å². The number of hydrogen-bond donors (Lipinski definition) is 1. The normalized spacial score (nSPS) is 18.6. The molecule has 1 saturated carbocycles. The summed E-state index contributed by atoms with van der Waals surface area (Å²) in [6.45, 7) is 5.07. The van der Waals surface area contributed by atoms with Gasteiger partial charge in [0.2, 0.25) is 0 Å². The van der Waals surface area contributed by atoms with Crippen molar-refractivity contribution in [2.24, 2.45) is 11.1 Å². The first-order valence-corrected chi connectivity index (χ1v) is 6.85. The minimum atomic E-state index is -0.0226. The van der Waals surface area contributed by atoms with Crippen molar-refractivity contribution >= 4 is 17.2 Å². The molecule has 0 aliphatic heterocycles. The lowest BCUT2D eigenvalue weighted by molar-refractivity contribution is 0.0245. The van der Waals surface area contributed by atoms with E-state index in [4.69, 9.17) is 22.7 Å². The van der Waals surface area contributed by atoms with Crippen LogP contribution < -0.4 is 5.73 Å². The second-order valence-electron chi connectivity index (χ2n) is 5.48. The Morgan fingerprint density at radius 3 is 2.50 bits per heavy atom. The highest BCUT2D eigenvalue weighted by Crippen LogP contribution is 2.24. The molecular formula is C13H25NOS. The molecule has 0 aromatic rings. The van der Waals surface area contributed by atoms with E-state index in [0.717, 1.165) is 19.4 Å². The van der Waals surface area contributed by atoms with Gasteiger partial charge in [0, 0.05) is 12.0 Å². The third-order valence-electron chi connectivity index (χ3n) is 3.52. The molecule has 2 N–H and O–H groups in total. The Balaban J connectivity index is 2.09. The zero-order valence-corrected chi connectivity index (χ0v) is 11.4. The first-order chi connectivity index (χ1) is 7.52. The Morgan fingerprint density at radius 2 is 1.94 bits per heavy atom. The SMILES string of the molecule is CC(C)(CCCOC1CCCCC1)C(N)=S. The van der Waals surface area contributed by atoms with E-state index in [1.165, 1.54) is 32.1 Å². The second kappa shape index (κ2) is 6.55. The topological polar surface area (TPSA) is 35.2 Å². The minimum Gasteiger partial charge on any atom is -0.393 e. The van der Waals surface area contributed by atoms with E-state index in [-0.39, 0.29) is 5.41 Å². The van der Waals surface area contributed by atoms with Crippen LogP contribution in [0.3, 0.4) is 0 Å². The molecule has 1 aliphatic rings. The van der Waals surface area contributed by atoms with Crippen LogP contribution in [0.1, 0.15) is 58.8 Å². The van der Waals surface area contributed by atoms with Crippen LogP contribution in [0.15, 0.2) is 0 Å². The van der Waals surface area contributed by atoms with Crippen molar-refractivity contribution in [1.82, 2.24) is 0 Å². The highest BCUT2D eigenvalue weighted by atomic mass is 32.1. The summed E-state index contributed by atoms with van der Waals surface area (Å²) in [6, 6.07) is 0. The summed E-state index contributed by atoms with van der Waals surface area (Å²) in [4.78, 5) is 0.616. The van der Waals surface area contributed by atoms with Crippen molar-refractivity contribution in [2.45, 2.75) is 64.9 Å². The van der Waals surface area contributed by atoms with Gasteiger partial charge in [-0.1, -0.05) is 45.3 Å². The molecule has 1 aliphatic carbocycles. The first kappa shape index (κ1) is 13.9. The van der Waals surface area contributed by atoms with Gasteiger partial charge >= 0.3 is 0 Å². The van der Waals surface area contributed by atoms with Gasteiger partial charge in [-0.2, -0.15) is 0 Å². The Labute approximate surface area is 105 Å². The van der Waals surface area contributed by atoms with Gasteiger partial charge in [0.25, 0.3) is 0 Å². The number of ether oxygens (including phenoxy) is 1. The van der Waals surface area contributed by atoms with Gasteiger partial charge < -0.3 is 10.5 Å². The third-order valence-corrected chi connectivity index (χ3v) is 4.07. The van der Waals surface area contributed by atoms with Gasteiger partial charge in [-0.3, -0.25) is 0 Å². The first-order valence-electron chi connectivity index (χ1n) is 6.44. The summed E-state index contributed by atoms with van der Waals surface area (Å²) in [5.41, 5.74) is 5.66. The smallest absolute Gasteiger partial charge is 0.0784 e. The Hall–Kier alpha value is -0.150. The van der Waals surface area contributed by atoms with Gasteiger partial charge in [-0.25, -0.2) is 0 Å². The zero-order valence-electron chi connectivity index (χ0n) is 10.6. The average molecular weight is 243 g/mol. The van der Waals surface area contributed by atoms with Crippen molar-refractivity contribution in [3.63, 3.8) is 0 Å². The number of thiocarbonyl (C=S) groups is 1. The molecule has 0 saturated heterocycles. The van der Waals surface area contributed by atoms with Crippen LogP contribution in [-0.4, -0.2) is 17.7 Å². The zero-order chi connectivity index (χ0) is 12.0. The van der Waals surface area contributed by atoms with E-state index < -0.39 is 0 Å². The maximum atomic E-state index is 5.87. The molecule has 16 heavy (non-hydrogen) atoms. The summed E-state index contributed by atoms with van der Waals surface area (Å²) >= 11 is 5.04. The molecule has 2 nitrogen and oxygen atoms in total. The minimum absolute atomic E-state index is 0.0226. The lowest BCUT2D eigenvalue weighted by Gasteiger charge is -2.25. The lowest BCUT2D eigenvalue weighted by Crippen LogP contribution is -2.30. The van der Waals surface area contributed by atoms with E-state index in [1.807, 2.05) is 0 Å². The summed E-state index contributed by atoms with van der Waals surface area (Å²) in [6.07, 6.45) is 9.15. The Bertz CT molecular complexity index is 222. The van der Waals surface area contributed by atoms with Gasteiger partial charge in [-0.15, -0.1) is 0 Å². The molecule has 0 spiro atoms. The average Bonchev–Trinajstić information content (AvgIpc) is 2.26. The molecule has 0 unspecified atom stereocenters. The lowest BCUT2D eigenvalue weighted by atomic mass is 9.88. The van der Waals surface area contributed by atoms with Crippen molar-refractivity contribution < 1.29 is 4.74 Å². The van der Waals surface area contributed by atoms with Crippen LogP contribution >= 0.6 is 12.2 Å². The van der Waals surface area contributed by atoms with E-state index in [9.17, 15) is 0 Å². The Kier molecular flexibility index (Phi) is 5.70. The molecule has 0 radical (unpaired) electrons. The van der Waals surface area contributed by atoms with Crippen molar-refractivity contribution in [3.05, 3.63) is 0 Å². The van der Waals surface area contributed by atoms with Gasteiger partial charge in [-0.05, 0) is 25.7 Å². The van der Waals surface area contributed by atoms with E-state index in [2.05, 4.69) is 13.8 Å². The summed E-state index contributed by atoms with van der Waals surface area (Å²) < 4.78 is 5.87. The van der Waals surface area contributed by atoms with E-state index in [1.54, 1.807) is 0 Å². The van der Waals surface area contributed by atoms with Gasteiger partial charge in [0.15, 0.2) is 0 Å². The van der Waals surface area contributed by atoms with Crippen LogP contribution in [0.4, 0.5) is 0 Å². The number of hydrogen-bond acceptors (Lipinski definition) is 2. The summed E-state index contributed by atoms with van der Waals surface area (Å²) in [5.74, 6) is 0. The fourth-order valence-electron chi connectivity index (χ4n) is 2.12. The van der Waals surface area contributed by atoms with Crippen LogP contribution in [0, 0.1) is 5.41 Å². The van der Waals surface area contributed by atoms with E-state index in [0.29, 0.717) is 11.1 Å². The molecule has 0 heterocycles. The molecule has 0 atom stereocenters. The molecule has 1 fully saturated rings. The van der Waals surface area contributed by atoms with Crippen LogP contribution in [0.2, 0.25) is 0 Å².